The average molecular weight is 1110 g/mol. The molecular weight excluding hydrogens is 973 g/mol. The number of rotatable bonds is 67. The van der Waals surface area contributed by atoms with Gasteiger partial charge in [-0.2, -0.15) is 0 Å². The minimum absolute atomic E-state index is 0.0694. The van der Waals surface area contributed by atoms with E-state index in [1.165, 1.54) is 283 Å². The molecule has 0 amide bonds. The summed E-state index contributed by atoms with van der Waals surface area (Å²) >= 11 is 0. The third-order valence-corrected chi connectivity index (χ3v) is 16.4. The van der Waals surface area contributed by atoms with Crippen LogP contribution in [0.4, 0.5) is 0 Å². The molecule has 0 bridgehead atoms. The Bertz CT molecular complexity index is 1270. The number of esters is 3. The van der Waals surface area contributed by atoms with E-state index in [4.69, 9.17) is 14.2 Å². The van der Waals surface area contributed by atoms with Crippen molar-refractivity contribution in [1.29, 1.82) is 0 Å². The summed E-state index contributed by atoms with van der Waals surface area (Å²) in [5.41, 5.74) is 0. The fraction of sp³-hybridized carbons (Fsp3) is 0.904. The van der Waals surface area contributed by atoms with Gasteiger partial charge in [0.15, 0.2) is 6.10 Å². The summed E-state index contributed by atoms with van der Waals surface area (Å²) in [5, 5.41) is 0. The number of unbranched alkanes of at least 4 members (excludes halogenated alkanes) is 52. The van der Waals surface area contributed by atoms with Gasteiger partial charge in [0, 0.05) is 19.3 Å². The van der Waals surface area contributed by atoms with Gasteiger partial charge < -0.3 is 14.2 Å². The summed E-state index contributed by atoms with van der Waals surface area (Å²) in [6, 6.07) is 0. The van der Waals surface area contributed by atoms with Crippen LogP contribution >= 0.6 is 0 Å². The van der Waals surface area contributed by atoms with Crippen molar-refractivity contribution < 1.29 is 28.6 Å². The van der Waals surface area contributed by atoms with E-state index in [0.29, 0.717) is 19.3 Å². The lowest BCUT2D eigenvalue weighted by molar-refractivity contribution is -0.167. The van der Waals surface area contributed by atoms with E-state index in [1.807, 2.05) is 0 Å². The van der Waals surface area contributed by atoms with Gasteiger partial charge in [0.05, 0.1) is 0 Å². The van der Waals surface area contributed by atoms with Crippen molar-refractivity contribution in [3.8, 4) is 0 Å². The number of carbonyl (C=O) groups is 3. The largest absolute Gasteiger partial charge is 0.462 e. The molecule has 0 aromatic rings. The van der Waals surface area contributed by atoms with Crippen LogP contribution in [0.3, 0.4) is 0 Å². The van der Waals surface area contributed by atoms with Gasteiger partial charge in [0.2, 0.25) is 0 Å². The first-order valence-corrected chi connectivity index (χ1v) is 35.8. The van der Waals surface area contributed by atoms with E-state index in [9.17, 15) is 14.4 Å². The van der Waals surface area contributed by atoms with E-state index < -0.39 is 6.10 Å². The number of hydrogen-bond acceptors (Lipinski definition) is 6. The molecule has 6 heteroatoms. The Morgan fingerprint density at radius 2 is 0.481 bits per heavy atom. The quantitative estimate of drug-likeness (QED) is 0.0261. The summed E-state index contributed by atoms with van der Waals surface area (Å²) in [4.78, 5) is 38.4. The van der Waals surface area contributed by atoms with E-state index in [2.05, 4.69) is 45.1 Å². The molecule has 0 rings (SSSR count). The summed E-state index contributed by atoms with van der Waals surface area (Å²) in [6.45, 7) is 6.65. The van der Waals surface area contributed by atoms with Gasteiger partial charge >= 0.3 is 17.9 Å². The van der Waals surface area contributed by atoms with Crippen LogP contribution in [0.5, 0.6) is 0 Å². The van der Waals surface area contributed by atoms with Gasteiger partial charge in [0.1, 0.15) is 13.2 Å². The van der Waals surface area contributed by atoms with Crippen molar-refractivity contribution in [3.05, 3.63) is 24.3 Å². The van der Waals surface area contributed by atoms with Crippen LogP contribution in [0.1, 0.15) is 406 Å². The molecule has 0 fully saturated rings. The van der Waals surface area contributed by atoms with Crippen LogP contribution in [0, 0.1) is 0 Å². The van der Waals surface area contributed by atoms with Crippen LogP contribution in [0.25, 0.3) is 0 Å². The molecule has 0 aliphatic heterocycles. The van der Waals surface area contributed by atoms with Crippen molar-refractivity contribution in [1.82, 2.24) is 0 Å². The van der Waals surface area contributed by atoms with Crippen LogP contribution in [-0.4, -0.2) is 37.2 Å². The maximum atomic E-state index is 12.9. The molecule has 0 heterocycles. The fourth-order valence-electron chi connectivity index (χ4n) is 11.1. The monoisotopic (exact) mass is 1110 g/mol. The van der Waals surface area contributed by atoms with Crippen molar-refractivity contribution in [2.75, 3.05) is 13.2 Å². The first-order chi connectivity index (χ1) is 39.0. The summed E-state index contributed by atoms with van der Waals surface area (Å²) in [5.74, 6) is -0.853. The lowest BCUT2D eigenvalue weighted by Gasteiger charge is -2.18. The van der Waals surface area contributed by atoms with Gasteiger partial charge in [-0.05, 0) is 44.9 Å². The topological polar surface area (TPSA) is 78.9 Å². The maximum absolute atomic E-state index is 12.9. The molecule has 6 nitrogen and oxygen atoms in total. The Hall–Kier alpha value is -2.11. The summed E-state index contributed by atoms with van der Waals surface area (Å²) < 4.78 is 17.0. The molecule has 1 unspecified atom stereocenters. The van der Waals surface area contributed by atoms with Crippen molar-refractivity contribution >= 4 is 17.9 Å². The Morgan fingerprint density at radius 1 is 0.253 bits per heavy atom. The predicted molar refractivity (Wildman–Crippen MR) is 344 cm³/mol. The summed E-state index contributed by atoms with van der Waals surface area (Å²) in [7, 11) is 0. The van der Waals surface area contributed by atoms with E-state index in [-0.39, 0.29) is 31.1 Å². The first-order valence-electron chi connectivity index (χ1n) is 35.8. The molecule has 0 radical (unpaired) electrons. The van der Waals surface area contributed by atoms with Gasteiger partial charge in [-0.3, -0.25) is 14.4 Å². The molecule has 0 saturated heterocycles. The van der Waals surface area contributed by atoms with Crippen LogP contribution in [-0.2, 0) is 28.6 Å². The normalized spacial score (nSPS) is 12.1. The third kappa shape index (κ3) is 66.6. The second-order valence-electron chi connectivity index (χ2n) is 24.5. The number of hydrogen-bond donors (Lipinski definition) is 0. The fourth-order valence-corrected chi connectivity index (χ4v) is 11.1. The van der Waals surface area contributed by atoms with Crippen LogP contribution in [0.2, 0.25) is 0 Å². The molecule has 0 aromatic heterocycles. The zero-order valence-corrected chi connectivity index (χ0v) is 53.7. The van der Waals surface area contributed by atoms with Crippen molar-refractivity contribution in [2.24, 2.45) is 0 Å². The molecule has 0 spiro atoms. The van der Waals surface area contributed by atoms with E-state index >= 15 is 0 Å². The summed E-state index contributed by atoms with van der Waals surface area (Å²) in [6.07, 6.45) is 83.7. The Morgan fingerprint density at radius 3 is 0.747 bits per heavy atom. The number of ether oxygens (including phenoxy) is 3. The molecule has 0 saturated carbocycles. The molecule has 0 N–H and O–H groups in total. The van der Waals surface area contributed by atoms with Crippen LogP contribution < -0.4 is 0 Å². The molecule has 466 valence electrons. The van der Waals surface area contributed by atoms with Gasteiger partial charge in [0.25, 0.3) is 0 Å². The van der Waals surface area contributed by atoms with Crippen molar-refractivity contribution in [2.45, 2.75) is 412 Å². The highest BCUT2D eigenvalue weighted by atomic mass is 16.6. The second kappa shape index (κ2) is 68.4. The Balaban J connectivity index is 4.13. The van der Waals surface area contributed by atoms with Gasteiger partial charge in [-0.25, -0.2) is 0 Å². The zero-order valence-electron chi connectivity index (χ0n) is 53.7. The lowest BCUT2D eigenvalue weighted by Crippen LogP contribution is -2.30. The van der Waals surface area contributed by atoms with Gasteiger partial charge in [-0.1, -0.05) is 366 Å². The minimum atomic E-state index is -0.774. The highest BCUT2D eigenvalue weighted by molar-refractivity contribution is 5.71. The number of allylic oxidation sites excluding steroid dienone is 4. The molecule has 0 aliphatic carbocycles. The predicted octanol–water partition coefficient (Wildman–Crippen LogP) is 24.6. The standard InChI is InChI=1S/C73H138O6/c1-4-7-10-13-16-19-22-25-27-29-31-32-33-34-35-36-37-38-39-40-41-42-44-45-48-51-54-57-60-63-66-72(75)78-69-70(68-77-71(74)65-62-59-56-53-50-47-24-21-18-15-12-9-6-3)79-73(76)67-64-61-58-55-52-49-46-43-30-28-26-23-20-17-14-11-8-5-2/h12,15,21,24,70H,4-11,13-14,16-20,22-23,25-69H2,1-3H3/b15-12-,24-21-. The third-order valence-electron chi connectivity index (χ3n) is 16.4. The lowest BCUT2D eigenvalue weighted by atomic mass is 10.0. The smallest absolute Gasteiger partial charge is 0.306 e. The molecule has 79 heavy (non-hydrogen) atoms. The van der Waals surface area contributed by atoms with Crippen LogP contribution in [0.15, 0.2) is 24.3 Å². The minimum Gasteiger partial charge on any atom is -0.462 e. The van der Waals surface area contributed by atoms with E-state index in [0.717, 1.165) is 83.5 Å². The Labute approximate surface area is 493 Å². The average Bonchev–Trinajstić information content (AvgIpc) is 3.45. The maximum Gasteiger partial charge on any atom is 0.306 e. The molecule has 0 aromatic carbocycles. The highest BCUT2D eigenvalue weighted by Crippen LogP contribution is 2.19. The molecular formula is C73H138O6. The molecule has 1 atom stereocenters. The number of carbonyl (C=O) groups excluding carboxylic acids is 3. The second-order valence-corrected chi connectivity index (χ2v) is 24.5. The van der Waals surface area contributed by atoms with Crippen molar-refractivity contribution in [3.63, 3.8) is 0 Å². The molecule has 0 aliphatic rings. The first kappa shape index (κ1) is 76.9. The zero-order chi connectivity index (χ0) is 57.1. The Kier molecular flexibility index (Phi) is 66.6. The van der Waals surface area contributed by atoms with Gasteiger partial charge in [-0.15, -0.1) is 0 Å². The SMILES string of the molecule is CCC/C=C\C/C=C\CCCCCCCC(=O)OCC(COC(=O)CCCCCCCCCCCCCCCCCCCCCCCCCCCCCCCC)OC(=O)CCCCCCCCCCCCCCCCCCCC. The highest BCUT2D eigenvalue weighted by Gasteiger charge is 2.19. The van der Waals surface area contributed by atoms with E-state index in [1.54, 1.807) is 0 Å².